The van der Waals surface area contributed by atoms with E-state index in [2.05, 4.69) is 34.8 Å². The van der Waals surface area contributed by atoms with Crippen LogP contribution in [0, 0.1) is 0 Å². The normalized spacial score (nSPS) is 18.6. The molecule has 3 heterocycles. The number of carbonyl (C=O) groups excluding carboxylic acids is 2. The number of hydrogen-bond acceptors (Lipinski definition) is 4. The van der Waals surface area contributed by atoms with E-state index in [0.717, 1.165) is 38.9 Å². The lowest BCUT2D eigenvalue weighted by Gasteiger charge is -2.45. The number of aliphatic carboxylic acids is 1. The molecule has 174 valence electrons. The molecule has 0 saturated carbocycles. The SMILES string of the molecule is CN(C)C(=O)CN1C(=O)CCC12CCN(Cc1cccn1C)CC2.O=C(O)C(F)(F)F. The average Bonchev–Trinajstić information content (AvgIpc) is 3.21. The molecule has 0 unspecified atom stereocenters. The minimum Gasteiger partial charge on any atom is -0.475 e. The third-order valence-electron chi connectivity index (χ3n) is 5.94. The molecule has 31 heavy (non-hydrogen) atoms. The lowest BCUT2D eigenvalue weighted by atomic mass is 9.85. The van der Waals surface area contributed by atoms with Gasteiger partial charge in [-0.05, 0) is 31.4 Å². The molecule has 0 atom stereocenters. The van der Waals surface area contributed by atoms with Gasteiger partial charge in [0.25, 0.3) is 0 Å². The number of alkyl halides is 3. The van der Waals surface area contributed by atoms with Crippen LogP contribution in [0.15, 0.2) is 18.3 Å². The van der Waals surface area contributed by atoms with Crippen molar-refractivity contribution in [3.63, 3.8) is 0 Å². The fourth-order valence-electron chi connectivity index (χ4n) is 3.94. The molecule has 0 radical (unpaired) electrons. The summed E-state index contributed by atoms with van der Waals surface area (Å²) in [5.41, 5.74) is 1.21. The number of piperidine rings is 1. The first-order chi connectivity index (χ1) is 14.4. The van der Waals surface area contributed by atoms with Gasteiger partial charge < -0.3 is 19.5 Å². The van der Waals surface area contributed by atoms with E-state index in [4.69, 9.17) is 9.90 Å². The van der Waals surface area contributed by atoms with Crippen molar-refractivity contribution in [3.05, 3.63) is 24.0 Å². The van der Waals surface area contributed by atoms with Crippen LogP contribution in [0.1, 0.15) is 31.4 Å². The number of amides is 2. The fraction of sp³-hybridized carbons (Fsp3) is 0.650. The first-order valence-electron chi connectivity index (χ1n) is 9.99. The van der Waals surface area contributed by atoms with Gasteiger partial charge in [0.15, 0.2) is 0 Å². The van der Waals surface area contributed by atoms with Crippen LogP contribution in [0.2, 0.25) is 0 Å². The number of hydrogen-bond donors (Lipinski definition) is 1. The Morgan fingerprint density at radius 3 is 2.23 bits per heavy atom. The van der Waals surface area contributed by atoms with Crippen molar-refractivity contribution in [2.45, 2.75) is 43.9 Å². The molecule has 1 aromatic heterocycles. The van der Waals surface area contributed by atoms with Crippen LogP contribution in [0.4, 0.5) is 13.2 Å². The molecule has 2 saturated heterocycles. The van der Waals surface area contributed by atoms with Gasteiger partial charge in [-0.1, -0.05) is 0 Å². The van der Waals surface area contributed by atoms with Crippen LogP contribution in [0.3, 0.4) is 0 Å². The number of aryl methyl sites for hydroxylation is 1. The predicted octanol–water partition coefficient (Wildman–Crippen LogP) is 1.70. The molecule has 1 aromatic rings. The fourth-order valence-corrected chi connectivity index (χ4v) is 3.94. The second-order valence-corrected chi connectivity index (χ2v) is 8.18. The summed E-state index contributed by atoms with van der Waals surface area (Å²) in [6, 6.07) is 4.23. The number of nitrogens with zero attached hydrogens (tertiary/aromatic N) is 4. The second kappa shape index (κ2) is 9.71. The Kier molecular flexibility index (Phi) is 7.74. The summed E-state index contributed by atoms with van der Waals surface area (Å²) in [6.07, 6.45) is 0.391. The first kappa shape index (κ1) is 24.7. The lowest BCUT2D eigenvalue weighted by molar-refractivity contribution is -0.192. The predicted molar refractivity (Wildman–Crippen MR) is 106 cm³/mol. The summed E-state index contributed by atoms with van der Waals surface area (Å²) in [4.78, 5) is 39.2. The Morgan fingerprint density at radius 1 is 1.19 bits per heavy atom. The Balaban J connectivity index is 0.000000423. The van der Waals surface area contributed by atoms with Gasteiger partial charge in [-0.3, -0.25) is 14.5 Å². The van der Waals surface area contributed by atoms with Gasteiger partial charge in [0.05, 0.1) is 0 Å². The summed E-state index contributed by atoms with van der Waals surface area (Å²) in [5, 5.41) is 7.12. The van der Waals surface area contributed by atoms with E-state index in [1.807, 2.05) is 4.90 Å². The standard InChI is InChI=1S/C18H28N4O2.C2HF3O2/c1-19(2)17(24)14-22-16(23)6-7-18(22)8-11-21(12-9-18)13-15-5-4-10-20(15)3;3-2(4,5)1(6)7/h4-5,10H,6-9,11-14H2,1-3H3;(H,6,7). The van der Waals surface area contributed by atoms with E-state index in [1.54, 1.807) is 19.0 Å². The highest BCUT2D eigenvalue weighted by Crippen LogP contribution is 2.39. The van der Waals surface area contributed by atoms with Crippen molar-refractivity contribution >= 4 is 17.8 Å². The molecule has 1 N–H and O–H groups in total. The molecule has 8 nitrogen and oxygen atoms in total. The number of aromatic nitrogens is 1. The van der Waals surface area contributed by atoms with Gasteiger partial charge in [-0.25, -0.2) is 4.79 Å². The van der Waals surface area contributed by atoms with Crippen LogP contribution < -0.4 is 0 Å². The molecule has 2 fully saturated rings. The second-order valence-electron chi connectivity index (χ2n) is 8.18. The number of likely N-dealkylation sites (N-methyl/N-ethyl adjacent to an activating group) is 1. The van der Waals surface area contributed by atoms with Crippen molar-refractivity contribution < 1.29 is 32.7 Å². The molecule has 0 aromatic carbocycles. The van der Waals surface area contributed by atoms with Crippen LogP contribution in [0.25, 0.3) is 0 Å². The topological polar surface area (TPSA) is 86.1 Å². The molecule has 0 bridgehead atoms. The Hall–Kier alpha value is -2.56. The highest BCUT2D eigenvalue weighted by molar-refractivity contribution is 5.86. The van der Waals surface area contributed by atoms with Crippen molar-refractivity contribution in [1.29, 1.82) is 0 Å². The number of carboxylic acid groups (broad SMARTS) is 1. The third kappa shape index (κ3) is 6.22. The number of carbonyl (C=O) groups is 3. The van der Waals surface area contributed by atoms with Gasteiger partial charge in [0.2, 0.25) is 11.8 Å². The molecule has 1 spiro atoms. The van der Waals surface area contributed by atoms with Crippen molar-refractivity contribution in [1.82, 2.24) is 19.3 Å². The summed E-state index contributed by atoms with van der Waals surface area (Å²) in [6.45, 7) is 3.13. The molecule has 3 rings (SSSR count). The van der Waals surface area contributed by atoms with Crippen LogP contribution in [-0.2, 0) is 28.0 Å². The van der Waals surface area contributed by atoms with Gasteiger partial charge in [-0.2, -0.15) is 13.2 Å². The van der Waals surface area contributed by atoms with E-state index in [9.17, 15) is 22.8 Å². The Bertz CT molecular complexity index is 799. The van der Waals surface area contributed by atoms with Crippen LogP contribution >= 0.6 is 0 Å². The summed E-state index contributed by atoms with van der Waals surface area (Å²) in [5.74, 6) is -2.61. The van der Waals surface area contributed by atoms with Crippen molar-refractivity contribution in [2.24, 2.45) is 7.05 Å². The van der Waals surface area contributed by atoms with Crippen LogP contribution in [0.5, 0.6) is 0 Å². The maximum Gasteiger partial charge on any atom is 0.490 e. The lowest BCUT2D eigenvalue weighted by Crippen LogP contribution is -2.55. The third-order valence-corrected chi connectivity index (χ3v) is 5.94. The van der Waals surface area contributed by atoms with E-state index in [1.165, 1.54) is 5.69 Å². The van der Waals surface area contributed by atoms with E-state index < -0.39 is 12.1 Å². The van der Waals surface area contributed by atoms with E-state index >= 15 is 0 Å². The van der Waals surface area contributed by atoms with Gasteiger partial charge in [-0.15, -0.1) is 0 Å². The van der Waals surface area contributed by atoms with Crippen molar-refractivity contribution in [2.75, 3.05) is 33.7 Å². The summed E-state index contributed by atoms with van der Waals surface area (Å²) in [7, 11) is 5.57. The minimum atomic E-state index is -5.08. The van der Waals surface area contributed by atoms with E-state index in [-0.39, 0.29) is 23.9 Å². The highest BCUT2D eigenvalue weighted by atomic mass is 19.4. The molecule has 2 amide bonds. The Labute approximate surface area is 179 Å². The zero-order valence-electron chi connectivity index (χ0n) is 18.0. The average molecular weight is 446 g/mol. The van der Waals surface area contributed by atoms with Crippen LogP contribution in [-0.4, -0.2) is 87.6 Å². The number of carboxylic acids is 1. The monoisotopic (exact) mass is 446 g/mol. The Morgan fingerprint density at radius 2 is 1.77 bits per heavy atom. The van der Waals surface area contributed by atoms with Crippen molar-refractivity contribution in [3.8, 4) is 0 Å². The first-order valence-corrected chi connectivity index (χ1v) is 9.99. The number of likely N-dealkylation sites (tertiary alicyclic amines) is 2. The maximum absolute atomic E-state index is 12.3. The summed E-state index contributed by atoms with van der Waals surface area (Å²) < 4.78 is 33.9. The molecule has 2 aliphatic heterocycles. The van der Waals surface area contributed by atoms with Gasteiger partial charge >= 0.3 is 12.1 Å². The number of halogens is 3. The van der Waals surface area contributed by atoms with Gasteiger partial charge in [0, 0.05) is 64.6 Å². The zero-order chi connectivity index (χ0) is 23.4. The highest BCUT2D eigenvalue weighted by Gasteiger charge is 2.47. The quantitative estimate of drug-likeness (QED) is 0.761. The zero-order valence-corrected chi connectivity index (χ0v) is 18.0. The van der Waals surface area contributed by atoms with E-state index in [0.29, 0.717) is 6.42 Å². The molecule has 2 aliphatic rings. The largest absolute Gasteiger partial charge is 0.490 e. The molecular weight excluding hydrogens is 417 g/mol. The minimum absolute atomic E-state index is 0.0101. The van der Waals surface area contributed by atoms with Gasteiger partial charge in [0.1, 0.15) is 6.54 Å². The molecular formula is C20H29F3N4O4. The maximum atomic E-state index is 12.3. The summed E-state index contributed by atoms with van der Waals surface area (Å²) >= 11 is 0. The molecule has 11 heteroatoms. The number of rotatable bonds is 4. The molecule has 0 aliphatic carbocycles. The smallest absolute Gasteiger partial charge is 0.475 e.